The summed E-state index contributed by atoms with van der Waals surface area (Å²) in [6.07, 6.45) is 2.08. The fraction of sp³-hybridized carbons (Fsp3) is 0.255. The quantitative estimate of drug-likeness (QED) is 0.0611. The number of nitrogens with zero attached hydrogens (tertiary/aromatic N) is 1. The van der Waals surface area contributed by atoms with Gasteiger partial charge in [-0.15, -0.1) is 0 Å². The third-order valence-electron chi connectivity index (χ3n) is 9.93. The van der Waals surface area contributed by atoms with Gasteiger partial charge in [-0.05, 0) is 46.7 Å². The van der Waals surface area contributed by atoms with E-state index < -0.39 is 12.3 Å². The number of amides is 1. The van der Waals surface area contributed by atoms with E-state index in [4.69, 9.17) is 24.0 Å². The van der Waals surface area contributed by atoms with Crippen LogP contribution < -0.4 is 5.32 Å². The van der Waals surface area contributed by atoms with E-state index in [1.54, 1.807) is 0 Å². The van der Waals surface area contributed by atoms with Gasteiger partial charge in [-0.1, -0.05) is 146 Å². The van der Waals surface area contributed by atoms with Crippen LogP contribution in [0.2, 0.25) is 0 Å². The molecule has 0 bridgehead atoms. The molecule has 10 heteroatoms. The second-order valence-corrected chi connectivity index (χ2v) is 15.1. The lowest BCUT2D eigenvalue weighted by Crippen LogP contribution is -2.31. The van der Waals surface area contributed by atoms with Crippen molar-refractivity contribution in [2.45, 2.75) is 75.4 Å². The number of hydrogen-bond donors (Lipinski definition) is 3. The van der Waals surface area contributed by atoms with Gasteiger partial charge in [0.25, 0.3) is 5.22 Å². The summed E-state index contributed by atoms with van der Waals surface area (Å²) in [4.78, 5) is 28.0. The molecule has 2 heterocycles. The molecule has 6 aromatic rings. The Labute approximate surface area is 337 Å². The predicted molar refractivity (Wildman–Crippen MR) is 221 cm³/mol. The highest BCUT2D eigenvalue weighted by atomic mass is 32.2. The third-order valence-corrected chi connectivity index (χ3v) is 10.9. The number of ether oxygens (including phenoxy) is 2. The molecule has 3 unspecified atom stereocenters. The maximum Gasteiger partial charge on any atom is 0.303 e. The summed E-state index contributed by atoms with van der Waals surface area (Å²) >= 11 is 1.53. The number of carbonyl (C=O) groups is 2. The van der Waals surface area contributed by atoms with Crippen molar-refractivity contribution in [3.05, 3.63) is 156 Å². The van der Waals surface area contributed by atoms with Crippen LogP contribution in [0.3, 0.4) is 0 Å². The molecule has 0 saturated carbocycles. The van der Waals surface area contributed by atoms with Gasteiger partial charge in [-0.25, -0.2) is 4.98 Å². The number of benzene rings is 5. The number of carboxylic acids is 1. The number of aliphatic carboxylic acids is 1. The van der Waals surface area contributed by atoms with Gasteiger partial charge in [0.1, 0.15) is 5.69 Å². The van der Waals surface area contributed by atoms with Crippen LogP contribution in [0.1, 0.15) is 73.2 Å². The zero-order chi connectivity index (χ0) is 39.4. The molecule has 9 nitrogen and oxygen atoms in total. The van der Waals surface area contributed by atoms with Crippen molar-refractivity contribution in [3.8, 4) is 33.7 Å². The number of carbonyl (C=O) groups excluding carboxylic acids is 1. The molecule has 292 valence electrons. The number of carboxylic acid groups (broad SMARTS) is 1. The van der Waals surface area contributed by atoms with Crippen LogP contribution in [0.5, 0.6) is 0 Å². The van der Waals surface area contributed by atoms with E-state index in [1.807, 2.05) is 115 Å². The molecule has 57 heavy (non-hydrogen) atoms. The van der Waals surface area contributed by atoms with E-state index in [1.165, 1.54) is 11.8 Å². The monoisotopic (exact) mass is 782 g/mol. The van der Waals surface area contributed by atoms with Crippen molar-refractivity contribution in [1.29, 1.82) is 0 Å². The average Bonchev–Trinajstić information content (AvgIpc) is 3.70. The number of thioether (sulfide) groups is 1. The van der Waals surface area contributed by atoms with Crippen molar-refractivity contribution in [2.75, 3.05) is 5.75 Å². The lowest BCUT2D eigenvalue weighted by Gasteiger charge is -2.36. The molecule has 1 fully saturated rings. The first-order valence-corrected chi connectivity index (χ1v) is 20.3. The highest BCUT2D eigenvalue weighted by Crippen LogP contribution is 2.41. The fourth-order valence-corrected chi connectivity index (χ4v) is 7.69. The van der Waals surface area contributed by atoms with E-state index in [-0.39, 0.29) is 31.1 Å². The van der Waals surface area contributed by atoms with Gasteiger partial charge >= 0.3 is 5.97 Å². The third kappa shape index (κ3) is 10.9. The molecule has 0 spiro atoms. The standard InChI is InChI=1S/C47H46N2O7S/c50-30-32-19-21-35(22-20-32)41-28-40(31-57-47-49-44(36-12-4-1-5-13-36)45(56-47)37-14-6-2-7-15-37)54-46(55-41)38-25-23-34(24-26-38)39-16-10-11-33(27-39)29-48-42(51)17-8-3-9-18-43(52)53/h1-2,4-7,10-16,19-27,40-41,46,50H,3,8-9,17-18,28-31H2,(H,48,51)(H,52,53). The van der Waals surface area contributed by atoms with Gasteiger partial charge < -0.3 is 29.4 Å². The van der Waals surface area contributed by atoms with Crippen LogP contribution in [0.4, 0.5) is 0 Å². The minimum Gasteiger partial charge on any atom is -0.481 e. The molecule has 5 aromatic carbocycles. The lowest BCUT2D eigenvalue weighted by atomic mass is 9.99. The van der Waals surface area contributed by atoms with E-state index >= 15 is 0 Å². The number of nitrogens with one attached hydrogen (secondary N) is 1. The van der Waals surface area contributed by atoms with Crippen LogP contribution in [-0.2, 0) is 32.2 Å². The van der Waals surface area contributed by atoms with Crippen molar-refractivity contribution in [3.63, 3.8) is 0 Å². The second kappa shape index (κ2) is 19.6. The Bertz CT molecular complexity index is 2150. The lowest BCUT2D eigenvalue weighted by molar-refractivity contribution is -0.245. The van der Waals surface area contributed by atoms with Crippen LogP contribution in [0.15, 0.2) is 143 Å². The summed E-state index contributed by atoms with van der Waals surface area (Å²) in [5.41, 5.74) is 8.54. The van der Waals surface area contributed by atoms with Gasteiger partial charge in [0.15, 0.2) is 12.1 Å². The summed E-state index contributed by atoms with van der Waals surface area (Å²) in [5, 5.41) is 22.0. The van der Waals surface area contributed by atoms with Crippen molar-refractivity contribution >= 4 is 23.6 Å². The molecule has 1 amide bonds. The molecule has 1 aliphatic rings. The topological polar surface area (TPSA) is 131 Å². The van der Waals surface area contributed by atoms with Crippen LogP contribution in [0.25, 0.3) is 33.7 Å². The molecule has 1 aromatic heterocycles. The Hall–Kier alpha value is -5.52. The first-order valence-electron chi connectivity index (χ1n) is 19.3. The zero-order valence-electron chi connectivity index (χ0n) is 31.6. The fourth-order valence-electron chi connectivity index (χ4n) is 6.85. The first kappa shape index (κ1) is 39.7. The average molecular weight is 783 g/mol. The molecule has 3 N–H and O–H groups in total. The SMILES string of the molecule is O=C(O)CCCCCC(=O)NCc1cccc(-c2ccc(C3OC(CSc4nc(-c5ccccc5)c(-c5ccccc5)o4)CC(c4ccc(CO)cc4)O3)cc2)c1. The molecular weight excluding hydrogens is 737 g/mol. The van der Waals surface area contributed by atoms with E-state index in [9.17, 15) is 14.7 Å². The number of unbranched alkanes of at least 4 members (excludes halogenated alkanes) is 2. The summed E-state index contributed by atoms with van der Waals surface area (Å²) in [5.74, 6) is 0.481. The maximum absolute atomic E-state index is 12.4. The number of aromatic nitrogens is 1. The summed E-state index contributed by atoms with van der Waals surface area (Å²) in [7, 11) is 0. The number of aliphatic hydroxyl groups excluding tert-OH is 1. The molecule has 1 saturated heterocycles. The Morgan fingerprint density at radius 1 is 0.702 bits per heavy atom. The van der Waals surface area contributed by atoms with Crippen molar-refractivity contribution in [1.82, 2.24) is 10.3 Å². The van der Waals surface area contributed by atoms with E-state index in [0.717, 1.165) is 56.0 Å². The molecule has 7 rings (SSSR count). The number of aliphatic hydroxyl groups is 1. The number of rotatable bonds is 17. The highest BCUT2D eigenvalue weighted by molar-refractivity contribution is 7.99. The minimum atomic E-state index is -0.807. The maximum atomic E-state index is 12.4. The largest absolute Gasteiger partial charge is 0.481 e. The number of oxazole rings is 1. The Balaban J connectivity index is 1.04. The Kier molecular flexibility index (Phi) is 13.6. The van der Waals surface area contributed by atoms with Crippen LogP contribution >= 0.6 is 11.8 Å². The molecular formula is C47H46N2O7S. The van der Waals surface area contributed by atoms with E-state index in [2.05, 4.69) is 23.5 Å². The second-order valence-electron chi connectivity index (χ2n) is 14.1. The summed E-state index contributed by atoms with van der Waals surface area (Å²) in [6.45, 7) is 0.392. The summed E-state index contributed by atoms with van der Waals surface area (Å²) in [6, 6.07) is 44.3. The highest BCUT2D eigenvalue weighted by Gasteiger charge is 2.33. The van der Waals surface area contributed by atoms with Gasteiger partial charge in [0.05, 0.1) is 18.8 Å². The first-order chi connectivity index (χ1) is 27.9. The zero-order valence-corrected chi connectivity index (χ0v) is 32.4. The molecule has 3 atom stereocenters. The Morgan fingerprint density at radius 2 is 1.39 bits per heavy atom. The van der Waals surface area contributed by atoms with Gasteiger partial charge in [-0.3, -0.25) is 9.59 Å². The normalized spacial score (nSPS) is 16.6. The smallest absolute Gasteiger partial charge is 0.303 e. The molecule has 0 radical (unpaired) electrons. The molecule has 1 aliphatic heterocycles. The van der Waals surface area contributed by atoms with Gasteiger partial charge in [-0.2, -0.15) is 0 Å². The van der Waals surface area contributed by atoms with Gasteiger partial charge in [0.2, 0.25) is 5.91 Å². The minimum absolute atomic E-state index is 0.0234. The van der Waals surface area contributed by atoms with Crippen LogP contribution in [0, 0.1) is 0 Å². The predicted octanol–water partition coefficient (Wildman–Crippen LogP) is 10.2. The van der Waals surface area contributed by atoms with E-state index in [0.29, 0.717) is 49.6 Å². The van der Waals surface area contributed by atoms with Gasteiger partial charge in [0, 0.05) is 48.3 Å². The molecule has 0 aliphatic carbocycles. The van der Waals surface area contributed by atoms with Crippen molar-refractivity contribution in [2.24, 2.45) is 0 Å². The number of hydrogen-bond acceptors (Lipinski definition) is 8. The van der Waals surface area contributed by atoms with Crippen molar-refractivity contribution < 1.29 is 33.7 Å². The van der Waals surface area contributed by atoms with Crippen LogP contribution in [-0.4, -0.2) is 38.9 Å². The summed E-state index contributed by atoms with van der Waals surface area (Å²) < 4.78 is 19.7. The Morgan fingerprint density at radius 3 is 2.11 bits per heavy atom.